The first-order chi connectivity index (χ1) is 13.4. The molecule has 5 aromatic rings. The summed E-state index contributed by atoms with van der Waals surface area (Å²) in [5, 5.41) is 15.0. The van der Waals surface area contributed by atoms with Crippen molar-refractivity contribution in [3.05, 3.63) is 77.0 Å². The highest BCUT2D eigenvalue weighted by atomic mass is 32.1. The number of rotatable bonds is 5. The molecule has 2 N–H and O–H groups in total. The molecule has 132 valence electrons. The van der Waals surface area contributed by atoms with Gasteiger partial charge in [-0.05, 0) is 29.6 Å². The summed E-state index contributed by atoms with van der Waals surface area (Å²) in [6.45, 7) is 0.508. The van der Waals surface area contributed by atoms with Crippen LogP contribution in [0.4, 0.5) is 11.5 Å². The Bertz CT molecular complexity index is 1210. The summed E-state index contributed by atoms with van der Waals surface area (Å²) in [5.41, 5.74) is 2.79. The molecule has 0 aliphatic heterocycles. The van der Waals surface area contributed by atoms with Crippen LogP contribution in [0.3, 0.4) is 0 Å². The fourth-order valence-corrected chi connectivity index (χ4v) is 3.67. The maximum absolute atomic E-state index is 5.94. The predicted molar refractivity (Wildman–Crippen MR) is 110 cm³/mol. The van der Waals surface area contributed by atoms with Crippen LogP contribution in [-0.2, 0) is 6.61 Å². The van der Waals surface area contributed by atoms with Crippen LogP contribution >= 0.6 is 11.3 Å². The number of ether oxygens (including phenoxy) is 1. The molecule has 3 heterocycles. The maximum Gasteiger partial charge on any atom is 0.216 e. The first-order valence-corrected chi connectivity index (χ1v) is 9.50. The van der Waals surface area contributed by atoms with E-state index < -0.39 is 0 Å². The summed E-state index contributed by atoms with van der Waals surface area (Å²) in [6, 6.07) is 22.1. The first-order valence-electron chi connectivity index (χ1n) is 8.62. The van der Waals surface area contributed by atoms with E-state index in [0.29, 0.717) is 12.5 Å². The molecule has 6 heteroatoms. The Morgan fingerprint density at radius 3 is 2.70 bits per heavy atom. The standard InChI is InChI=1S/C21H16N4OS/c1-3-9-17-15(7-1)19(12-20(22-17)26-13-14-6-5-11-27-14)23-21-16-8-2-4-10-18(16)24-25-21/h1-12H,13H2,(H2,22,23,24,25). The Kier molecular flexibility index (Phi) is 3.95. The van der Waals surface area contributed by atoms with Crippen molar-refractivity contribution in [3.8, 4) is 5.88 Å². The van der Waals surface area contributed by atoms with Crippen LogP contribution in [0.2, 0.25) is 0 Å². The Morgan fingerprint density at radius 2 is 1.81 bits per heavy atom. The highest BCUT2D eigenvalue weighted by Gasteiger charge is 2.11. The van der Waals surface area contributed by atoms with Crippen LogP contribution < -0.4 is 10.1 Å². The molecule has 5 nitrogen and oxygen atoms in total. The van der Waals surface area contributed by atoms with Crippen molar-refractivity contribution in [1.29, 1.82) is 0 Å². The van der Waals surface area contributed by atoms with Crippen LogP contribution in [0.5, 0.6) is 5.88 Å². The molecule has 0 radical (unpaired) electrons. The highest BCUT2D eigenvalue weighted by molar-refractivity contribution is 7.09. The van der Waals surface area contributed by atoms with Gasteiger partial charge in [-0.1, -0.05) is 36.4 Å². The average molecular weight is 372 g/mol. The first kappa shape index (κ1) is 15.8. The molecule has 0 aliphatic rings. The summed E-state index contributed by atoms with van der Waals surface area (Å²) in [7, 11) is 0. The van der Waals surface area contributed by atoms with Crippen molar-refractivity contribution < 1.29 is 4.74 Å². The molecule has 0 fully saturated rings. The Labute approximate surface area is 159 Å². The number of para-hydroxylation sites is 2. The summed E-state index contributed by atoms with van der Waals surface area (Å²) in [4.78, 5) is 5.81. The zero-order chi connectivity index (χ0) is 18.1. The molecule has 0 saturated carbocycles. The van der Waals surface area contributed by atoms with Gasteiger partial charge in [-0.25, -0.2) is 4.98 Å². The van der Waals surface area contributed by atoms with Gasteiger partial charge >= 0.3 is 0 Å². The monoisotopic (exact) mass is 372 g/mol. The quantitative estimate of drug-likeness (QED) is 0.428. The van der Waals surface area contributed by atoms with E-state index in [1.807, 2.05) is 66.0 Å². The molecule has 0 unspecified atom stereocenters. The Balaban J connectivity index is 1.53. The molecule has 0 spiro atoms. The lowest BCUT2D eigenvalue weighted by molar-refractivity contribution is 0.298. The lowest BCUT2D eigenvalue weighted by Gasteiger charge is -2.11. The van der Waals surface area contributed by atoms with Crippen molar-refractivity contribution in [2.75, 3.05) is 5.32 Å². The largest absolute Gasteiger partial charge is 0.472 e. The summed E-state index contributed by atoms with van der Waals surface area (Å²) < 4.78 is 5.94. The lowest BCUT2D eigenvalue weighted by Crippen LogP contribution is -1.99. The van der Waals surface area contributed by atoms with Crippen molar-refractivity contribution >= 4 is 44.6 Å². The molecule has 0 saturated heterocycles. The molecule has 3 aromatic heterocycles. The van der Waals surface area contributed by atoms with Gasteiger partial charge < -0.3 is 10.1 Å². The van der Waals surface area contributed by atoms with Gasteiger partial charge in [0.25, 0.3) is 0 Å². The number of hydrogen-bond donors (Lipinski definition) is 2. The predicted octanol–water partition coefficient (Wildman–Crippen LogP) is 5.50. The van der Waals surface area contributed by atoms with Crippen molar-refractivity contribution in [1.82, 2.24) is 15.2 Å². The minimum absolute atomic E-state index is 0.508. The number of hydrogen-bond acceptors (Lipinski definition) is 5. The average Bonchev–Trinajstić information content (AvgIpc) is 3.37. The van der Waals surface area contributed by atoms with E-state index in [0.717, 1.165) is 38.2 Å². The van der Waals surface area contributed by atoms with E-state index in [1.54, 1.807) is 11.3 Å². The van der Waals surface area contributed by atoms with Crippen LogP contribution in [0.1, 0.15) is 4.88 Å². The smallest absolute Gasteiger partial charge is 0.216 e. The fourth-order valence-electron chi connectivity index (χ4n) is 3.05. The van der Waals surface area contributed by atoms with Crippen molar-refractivity contribution in [2.24, 2.45) is 0 Å². The Morgan fingerprint density at radius 1 is 0.963 bits per heavy atom. The van der Waals surface area contributed by atoms with E-state index in [9.17, 15) is 0 Å². The van der Waals surface area contributed by atoms with Gasteiger partial charge in [-0.3, -0.25) is 5.10 Å². The van der Waals surface area contributed by atoms with Crippen molar-refractivity contribution in [2.45, 2.75) is 6.61 Å². The zero-order valence-electron chi connectivity index (χ0n) is 14.3. The lowest BCUT2D eigenvalue weighted by atomic mass is 10.2. The normalized spacial score (nSPS) is 11.1. The molecule has 2 aromatic carbocycles. The number of benzene rings is 2. The molecule has 0 amide bonds. The third kappa shape index (κ3) is 3.11. The van der Waals surface area contributed by atoms with Crippen LogP contribution in [-0.4, -0.2) is 15.2 Å². The maximum atomic E-state index is 5.94. The number of thiophene rings is 1. The number of anilines is 2. The van der Waals surface area contributed by atoms with Gasteiger partial charge in [0.2, 0.25) is 5.88 Å². The number of nitrogens with one attached hydrogen (secondary N) is 2. The van der Waals surface area contributed by atoms with Gasteiger partial charge in [0.1, 0.15) is 6.61 Å². The zero-order valence-corrected chi connectivity index (χ0v) is 15.2. The minimum atomic E-state index is 0.508. The van der Waals surface area contributed by atoms with E-state index in [-0.39, 0.29) is 0 Å². The molecule has 5 rings (SSSR count). The second kappa shape index (κ2) is 6.74. The molecule has 0 aliphatic carbocycles. The third-order valence-electron chi connectivity index (χ3n) is 4.36. The number of pyridine rings is 1. The number of fused-ring (bicyclic) bond motifs is 2. The number of H-pyrrole nitrogens is 1. The number of aromatic amines is 1. The molecule has 0 bridgehead atoms. The van der Waals surface area contributed by atoms with Gasteiger partial charge in [-0.2, -0.15) is 5.10 Å². The molecule has 27 heavy (non-hydrogen) atoms. The second-order valence-electron chi connectivity index (χ2n) is 6.14. The van der Waals surface area contributed by atoms with E-state index in [4.69, 9.17) is 4.74 Å². The SMILES string of the molecule is c1csc(COc2cc(Nc3n[nH]c4ccccc34)c3ccccc3n2)c1. The summed E-state index contributed by atoms with van der Waals surface area (Å²) in [5.74, 6) is 1.37. The van der Waals surface area contributed by atoms with Crippen LogP contribution in [0.25, 0.3) is 21.8 Å². The second-order valence-corrected chi connectivity index (χ2v) is 7.17. The van der Waals surface area contributed by atoms with Gasteiger partial charge in [0.05, 0.1) is 16.7 Å². The minimum Gasteiger partial charge on any atom is -0.472 e. The fraction of sp³-hybridized carbons (Fsp3) is 0.0476. The van der Waals surface area contributed by atoms with Gasteiger partial charge in [-0.15, -0.1) is 11.3 Å². The van der Waals surface area contributed by atoms with Gasteiger partial charge in [0.15, 0.2) is 5.82 Å². The summed E-state index contributed by atoms with van der Waals surface area (Å²) in [6.07, 6.45) is 0. The molecular weight excluding hydrogens is 356 g/mol. The van der Waals surface area contributed by atoms with Crippen LogP contribution in [0.15, 0.2) is 72.1 Å². The summed E-state index contributed by atoms with van der Waals surface area (Å²) >= 11 is 1.67. The van der Waals surface area contributed by atoms with E-state index >= 15 is 0 Å². The van der Waals surface area contributed by atoms with Crippen molar-refractivity contribution in [3.63, 3.8) is 0 Å². The van der Waals surface area contributed by atoms with Gasteiger partial charge in [0, 0.05) is 21.7 Å². The number of aromatic nitrogens is 3. The molecular formula is C21H16N4OS. The van der Waals surface area contributed by atoms with E-state index in [2.05, 4.69) is 26.6 Å². The molecule has 0 atom stereocenters. The van der Waals surface area contributed by atoms with E-state index in [1.165, 1.54) is 0 Å². The topological polar surface area (TPSA) is 62.8 Å². The van der Waals surface area contributed by atoms with Crippen LogP contribution in [0, 0.1) is 0 Å². The highest BCUT2D eigenvalue weighted by Crippen LogP contribution is 2.31. The Hall–Kier alpha value is -3.38. The third-order valence-corrected chi connectivity index (χ3v) is 5.21. The number of nitrogens with zero attached hydrogens (tertiary/aromatic N) is 2.